The van der Waals surface area contributed by atoms with Gasteiger partial charge >= 0.3 is 0 Å². The molecule has 2 radical (unpaired) electrons. The largest absolute Gasteiger partial charge is 0.0654 e. The summed E-state index contributed by atoms with van der Waals surface area (Å²) >= 11 is 0. The van der Waals surface area contributed by atoms with Gasteiger partial charge in [0.25, 0.3) is 0 Å². The van der Waals surface area contributed by atoms with Crippen LogP contribution in [0.25, 0.3) is 0 Å². The zero-order valence-corrected chi connectivity index (χ0v) is 16.2. The summed E-state index contributed by atoms with van der Waals surface area (Å²) in [5, 5.41) is 0. The second kappa shape index (κ2) is 20.2. The van der Waals surface area contributed by atoms with Crippen LogP contribution in [0.1, 0.15) is 117 Å². The Bertz CT molecular complexity index is 149. The molecule has 0 spiro atoms. The molecule has 0 saturated carbocycles. The highest BCUT2D eigenvalue weighted by Crippen LogP contribution is 2.12. The number of rotatable bonds is 18. The zero-order valence-electron chi connectivity index (χ0n) is 15.2. The highest BCUT2D eigenvalue weighted by molar-refractivity contribution is 6.35. The van der Waals surface area contributed by atoms with Crippen molar-refractivity contribution in [2.45, 2.75) is 129 Å². The Morgan fingerprint density at radius 3 is 1.00 bits per heavy atom. The summed E-state index contributed by atoms with van der Waals surface area (Å²) < 4.78 is 0. The first-order valence-electron chi connectivity index (χ1n) is 10.1. The minimum Gasteiger partial charge on any atom is -0.0654 e. The van der Waals surface area contributed by atoms with Crippen LogP contribution in [0.5, 0.6) is 0 Å². The predicted octanol–water partition coefficient (Wildman–Crippen LogP) is 7.81. The third-order valence-corrected chi connectivity index (χ3v) is 5.83. The Morgan fingerprint density at radius 2 is 0.667 bits per heavy atom. The van der Waals surface area contributed by atoms with E-state index in [-0.39, 0.29) is 0 Å². The van der Waals surface area contributed by atoms with Gasteiger partial charge in [-0.15, -0.1) is 0 Å². The van der Waals surface area contributed by atoms with Gasteiger partial charge < -0.3 is 0 Å². The van der Waals surface area contributed by atoms with Gasteiger partial charge in [-0.3, -0.25) is 0 Å². The van der Waals surface area contributed by atoms with Crippen LogP contribution in [0.2, 0.25) is 12.1 Å². The smallest absolute Gasteiger partial charge is 0.0378 e. The molecule has 0 aromatic heterocycles. The van der Waals surface area contributed by atoms with Gasteiger partial charge in [0.05, 0.1) is 0 Å². The maximum absolute atomic E-state index is 2.30. The van der Waals surface area contributed by atoms with Gasteiger partial charge in [-0.05, 0) is 0 Å². The van der Waals surface area contributed by atoms with Crippen LogP contribution in [0, 0.1) is 0 Å². The molecular weight excluding hydrogens is 268 g/mol. The topological polar surface area (TPSA) is 0 Å². The Kier molecular flexibility index (Phi) is 20.4. The van der Waals surface area contributed by atoms with E-state index in [0.717, 1.165) is 0 Å². The molecule has 0 atom stereocenters. The van der Waals surface area contributed by atoms with E-state index >= 15 is 0 Å². The average Bonchev–Trinajstić information content (AvgIpc) is 2.50. The lowest BCUT2D eigenvalue weighted by atomic mass is 10.1. The van der Waals surface area contributed by atoms with Gasteiger partial charge in [0.2, 0.25) is 0 Å². The van der Waals surface area contributed by atoms with Gasteiger partial charge in [-0.1, -0.05) is 129 Å². The van der Waals surface area contributed by atoms with E-state index in [4.69, 9.17) is 0 Å². The van der Waals surface area contributed by atoms with E-state index < -0.39 is 0 Å². The van der Waals surface area contributed by atoms with E-state index in [9.17, 15) is 0 Å². The van der Waals surface area contributed by atoms with Crippen molar-refractivity contribution < 1.29 is 0 Å². The van der Waals surface area contributed by atoms with Gasteiger partial charge in [0, 0.05) is 9.52 Å². The van der Waals surface area contributed by atoms with Crippen LogP contribution >= 0.6 is 0 Å². The number of hydrogen-bond acceptors (Lipinski definition) is 0. The van der Waals surface area contributed by atoms with Gasteiger partial charge in [0.1, 0.15) is 0 Å². The second-order valence-corrected chi connectivity index (χ2v) is 8.20. The minimum absolute atomic E-state index is 1.26. The van der Waals surface area contributed by atoms with Crippen molar-refractivity contribution in [2.75, 3.05) is 0 Å². The van der Waals surface area contributed by atoms with Gasteiger partial charge in [0.15, 0.2) is 0 Å². The van der Waals surface area contributed by atoms with Crippen LogP contribution in [0.3, 0.4) is 0 Å². The summed E-state index contributed by atoms with van der Waals surface area (Å²) in [5.74, 6) is 0. The fourth-order valence-corrected chi connectivity index (χ4v) is 4.14. The number of unbranched alkanes of at least 4 members (excludes halogenated alkanes) is 14. The number of hydrogen-bond donors (Lipinski definition) is 0. The fourth-order valence-electron chi connectivity index (χ4n) is 2.89. The van der Waals surface area contributed by atoms with Crippen molar-refractivity contribution >= 4 is 9.52 Å². The van der Waals surface area contributed by atoms with E-state index in [1.807, 2.05) is 0 Å². The molecule has 0 heterocycles. The van der Waals surface area contributed by atoms with Crippen molar-refractivity contribution in [2.24, 2.45) is 0 Å². The Morgan fingerprint density at radius 1 is 0.381 bits per heavy atom. The van der Waals surface area contributed by atoms with Crippen molar-refractivity contribution in [1.82, 2.24) is 0 Å². The molecule has 0 fully saturated rings. The molecule has 0 N–H and O–H groups in total. The Labute approximate surface area is 138 Å². The highest BCUT2D eigenvalue weighted by Gasteiger charge is 1.95. The summed E-state index contributed by atoms with van der Waals surface area (Å²) in [5.41, 5.74) is 0. The molecule has 21 heavy (non-hydrogen) atoms. The molecule has 0 aliphatic carbocycles. The summed E-state index contributed by atoms with van der Waals surface area (Å²) in [6.45, 7) is 4.60. The van der Waals surface area contributed by atoms with Crippen molar-refractivity contribution in [3.8, 4) is 0 Å². The normalized spacial score (nSPS) is 11.1. The standard InChI is InChI=1S/C20H42Si/c1-3-5-7-9-11-13-15-17-19-21-20-18-16-14-12-10-8-6-4-2/h3-20H2,1-2H3. The first-order valence-corrected chi connectivity index (χ1v) is 11.5. The lowest BCUT2D eigenvalue weighted by Crippen LogP contribution is -1.90. The van der Waals surface area contributed by atoms with Crippen molar-refractivity contribution in [3.05, 3.63) is 0 Å². The molecule has 0 rings (SSSR count). The maximum Gasteiger partial charge on any atom is 0.0378 e. The molecule has 126 valence electrons. The van der Waals surface area contributed by atoms with Crippen LogP contribution in [-0.4, -0.2) is 9.52 Å². The van der Waals surface area contributed by atoms with E-state index in [1.165, 1.54) is 124 Å². The molecule has 0 aliphatic rings. The van der Waals surface area contributed by atoms with Gasteiger partial charge in [-0.25, -0.2) is 0 Å². The Balaban J connectivity index is 2.90. The molecular formula is C20H42Si. The SMILES string of the molecule is CCCCCCCCCC[Si]CCCCCCCCCC. The zero-order chi connectivity index (χ0) is 15.4. The summed E-state index contributed by atoms with van der Waals surface area (Å²) in [6.07, 6.45) is 23.5. The maximum atomic E-state index is 2.30. The minimum atomic E-state index is 1.26. The molecule has 1 heteroatoms. The van der Waals surface area contributed by atoms with Gasteiger partial charge in [-0.2, -0.15) is 0 Å². The summed E-state index contributed by atoms with van der Waals surface area (Å²) in [7, 11) is 1.26. The highest BCUT2D eigenvalue weighted by atomic mass is 28.2. The summed E-state index contributed by atoms with van der Waals surface area (Å²) in [6, 6.07) is 3.04. The fraction of sp³-hybridized carbons (Fsp3) is 1.00. The predicted molar refractivity (Wildman–Crippen MR) is 101 cm³/mol. The van der Waals surface area contributed by atoms with Crippen molar-refractivity contribution in [3.63, 3.8) is 0 Å². The monoisotopic (exact) mass is 310 g/mol. The average molecular weight is 311 g/mol. The molecule has 0 aromatic rings. The molecule has 0 saturated heterocycles. The summed E-state index contributed by atoms with van der Waals surface area (Å²) in [4.78, 5) is 0. The van der Waals surface area contributed by atoms with Crippen molar-refractivity contribution in [1.29, 1.82) is 0 Å². The lowest BCUT2D eigenvalue weighted by Gasteiger charge is -2.03. The molecule has 0 aromatic carbocycles. The van der Waals surface area contributed by atoms with Crippen LogP contribution in [0.4, 0.5) is 0 Å². The van der Waals surface area contributed by atoms with Crippen LogP contribution in [0.15, 0.2) is 0 Å². The first-order chi connectivity index (χ1) is 10.4. The van der Waals surface area contributed by atoms with E-state index in [2.05, 4.69) is 13.8 Å². The van der Waals surface area contributed by atoms with Crippen LogP contribution in [-0.2, 0) is 0 Å². The molecule has 0 bridgehead atoms. The van der Waals surface area contributed by atoms with E-state index in [1.54, 1.807) is 0 Å². The Hall–Kier alpha value is 0.217. The molecule has 0 unspecified atom stereocenters. The molecule has 0 amide bonds. The lowest BCUT2D eigenvalue weighted by molar-refractivity contribution is 0.582. The third-order valence-electron chi connectivity index (χ3n) is 4.41. The second-order valence-electron chi connectivity index (χ2n) is 6.70. The first kappa shape index (κ1) is 21.2. The molecule has 0 aliphatic heterocycles. The van der Waals surface area contributed by atoms with E-state index in [0.29, 0.717) is 0 Å². The van der Waals surface area contributed by atoms with Crippen LogP contribution < -0.4 is 0 Å². The quantitative estimate of drug-likeness (QED) is 0.179. The third kappa shape index (κ3) is 20.2. The molecule has 0 nitrogen and oxygen atoms in total.